The largest absolute Gasteiger partial charge is 0.394 e. The second-order valence-corrected chi connectivity index (χ2v) is 2.37. The molecule has 0 radical (unpaired) electrons. The first-order chi connectivity index (χ1) is 5.24. The Bertz CT molecular complexity index is 222. The third kappa shape index (κ3) is 1.96. The molecule has 0 amide bonds. The smallest absolute Gasteiger partial charge is 0.0777 e. The van der Waals surface area contributed by atoms with Crippen LogP contribution in [0.5, 0.6) is 0 Å². The summed E-state index contributed by atoms with van der Waals surface area (Å²) in [5, 5.41) is 8.66. The Kier molecular flexibility index (Phi) is 2.51. The number of rotatable bonds is 2. The van der Waals surface area contributed by atoms with Crippen LogP contribution in [-0.4, -0.2) is 21.7 Å². The number of hydrogen-bond donors (Lipinski definition) is 2. The lowest BCUT2D eigenvalue weighted by Gasteiger charge is -2.05. The quantitative estimate of drug-likeness (QED) is 0.616. The van der Waals surface area contributed by atoms with Crippen LogP contribution in [0.1, 0.15) is 17.4 Å². The molecule has 1 aromatic heterocycles. The Hall–Kier alpha value is -1.00. The highest BCUT2D eigenvalue weighted by molar-refractivity contribution is 5.04. The second-order valence-electron chi connectivity index (χ2n) is 2.37. The van der Waals surface area contributed by atoms with E-state index >= 15 is 0 Å². The summed E-state index contributed by atoms with van der Waals surface area (Å²) < 4.78 is 0. The van der Waals surface area contributed by atoms with Gasteiger partial charge in [0.1, 0.15) is 0 Å². The summed E-state index contributed by atoms with van der Waals surface area (Å²) >= 11 is 0. The fraction of sp³-hybridized carbons (Fsp3) is 0.429. The number of aliphatic hydroxyl groups excluding tert-OH is 1. The van der Waals surface area contributed by atoms with Crippen molar-refractivity contribution in [3.8, 4) is 0 Å². The number of nitrogens with two attached hydrogens (primary N) is 1. The minimum absolute atomic E-state index is 0.0995. The van der Waals surface area contributed by atoms with Crippen LogP contribution in [0.25, 0.3) is 0 Å². The molecule has 1 atom stereocenters. The average molecular weight is 153 g/mol. The van der Waals surface area contributed by atoms with Gasteiger partial charge in [0.25, 0.3) is 0 Å². The fourth-order valence-corrected chi connectivity index (χ4v) is 0.688. The van der Waals surface area contributed by atoms with Crippen LogP contribution < -0.4 is 5.73 Å². The molecule has 4 heteroatoms. The summed E-state index contributed by atoms with van der Waals surface area (Å²) in [7, 11) is 0. The lowest BCUT2D eigenvalue weighted by molar-refractivity contribution is 0.265. The van der Waals surface area contributed by atoms with E-state index in [0.29, 0.717) is 5.69 Å². The maximum Gasteiger partial charge on any atom is 0.0777 e. The Morgan fingerprint density at radius 2 is 2.27 bits per heavy atom. The zero-order valence-electron chi connectivity index (χ0n) is 6.36. The summed E-state index contributed by atoms with van der Waals surface area (Å²) in [5.41, 5.74) is 6.96. The zero-order chi connectivity index (χ0) is 8.27. The van der Waals surface area contributed by atoms with Crippen molar-refractivity contribution in [2.45, 2.75) is 13.0 Å². The summed E-state index contributed by atoms with van der Waals surface area (Å²) in [4.78, 5) is 8.00. The van der Waals surface area contributed by atoms with Gasteiger partial charge < -0.3 is 10.8 Å². The molecule has 0 spiro atoms. The Labute approximate surface area is 65.1 Å². The number of aryl methyl sites for hydroxylation is 1. The van der Waals surface area contributed by atoms with Gasteiger partial charge in [0.2, 0.25) is 0 Å². The van der Waals surface area contributed by atoms with Gasteiger partial charge in [-0.15, -0.1) is 0 Å². The van der Waals surface area contributed by atoms with Gasteiger partial charge in [0, 0.05) is 6.20 Å². The first kappa shape index (κ1) is 8.10. The van der Waals surface area contributed by atoms with Crippen LogP contribution in [0.4, 0.5) is 0 Å². The van der Waals surface area contributed by atoms with Gasteiger partial charge in [-0.3, -0.25) is 9.97 Å². The molecule has 1 heterocycles. The van der Waals surface area contributed by atoms with Crippen molar-refractivity contribution < 1.29 is 5.11 Å². The molecular formula is C7H11N3O. The highest BCUT2D eigenvalue weighted by Gasteiger charge is 2.04. The summed E-state index contributed by atoms with van der Waals surface area (Å²) in [6.07, 6.45) is 3.21. The fourth-order valence-electron chi connectivity index (χ4n) is 0.688. The molecule has 0 aliphatic carbocycles. The predicted octanol–water partition coefficient (Wildman–Crippen LogP) is -0.223. The molecule has 0 bridgehead atoms. The molecule has 0 saturated heterocycles. The predicted molar refractivity (Wildman–Crippen MR) is 40.8 cm³/mol. The highest BCUT2D eigenvalue weighted by atomic mass is 16.3. The number of aliphatic hydroxyl groups is 1. The molecule has 0 saturated carbocycles. The van der Waals surface area contributed by atoms with E-state index in [9.17, 15) is 0 Å². The standard InChI is InChI=1S/C7H11N3O/c1-5-2-10-7(3-9-5)6(8)4-11/h2-3,6,11H,4,8H2,1H3/t6-/m0/s1. The number of nitrogens with zero attached hydrogens (tertiary/aromatic N) is 2. The SMILES string of the molecule is Cc1cnc([C@@H](N)CO)cn1. The molecule has 1 rings (SSSR count). The van der Waals surface area contributed by atoms with E-state index < -0.39 is 6.04 Å². The Balaban J connectivity index is 2.81. The molecule has 4 nitrogen and oxygen atoms in total. The molecule has 1 aromatic rings. The van der Waals surface area contributed by atoms with Gasteiger partial charge in [-0.05, 0) is 6.92 Å². The highest BCUT2D eigenvalue weighted by Crippen LogP contribution is 2.03. The maximum atomic E-state index is 8.66. The third-order valence-electron chi connectivity index (χ3n) is 1.38. The summed E-state index contributed by atoms with van der Waals surface area (Å²) in [6.45, 7) is 1.75. The van der Waals surface area contributed by atoms with Gasteiger partial charge in [-0.25, -0.2) is 0 Å². The van der Waals surface area contributed by atoms with E-state index in [1.807, 2.05) is 6.92 Å². The van der Waals surface area contributed by atoms with Crippen molar-refractivity contribution in [1.29, 1.82) is 0 Å². The minimum atomic E-state index is -0.414. The Morgan fingerprint density at radius 3 is 2.73 bits per heavy atom. The van der Waals surface area contributed by atoms with E-state index in [1.54, 1.807) is 12.4 Å². The number of hydrogen-bond acceptors (Lipinski definition) is 4. The molecule has 0 aliphatic rings. The van der Waals surface area contributed by atoms with Gasteiger partial charge in [-0.2, -0.15) is 0 Å². The van der Waals surface area contributed by atoms with Crippen LogP contribution in [0, 0.1) is 6.92 Å². The molecule has 0 aromatic carbocycles. The zero-order valence-corrected chi connectivity index (χ0v) is 6.36. The van der Waals surface area contributed by atoms with Crippen molar-refractivity contribution in [3.63, 3.8) is 0 Å². The topological polar surface area (TPSA) is 72.0 Å². The molecule has 3 N–H and O–H groups in total. The van der Waals surface area contributed by atoms with Gasteiger partial charge in [0.15, 0.2) is 0 Å². The third-order valence-corrected chi connectivity index (χ3v) is 1.38. The molecule has 0 fully saturated rings. The first-order valence-electron chi connectivity index (χ1n) is 3.39. The normalized spacial score (nSPS) is 13.0. The van der Waals surface area contributed by atoms with E-state index in [0.717, 1.165) is 5.69 Å². The van der Waals surface area contributed by atoms with Crippen LogP contribution in [-0.2, 0) is 0 Å². The molecule has 0 aliphatic heterocycles. The van der Waals surface area contributed by atoms with E-state index in [4.69, 9.17) is 10.8 Å². The maximum absolute atomic E-state index is 8.66. The van der Waals surface area contributed by atoms with Crippen molar-refractivity contribution in [1.82, 2.24) is 9.97 Å². The van der Waals surface area contributed by atoms with Crippen molar-refractivity contribution in [2.75, 3.05) is 6.61 Å². The molecular weight excluding hydrogens is 142 g/mol. The van der Waals surface area contributed by atoms with Crippen LogP contribution in [0.2, 0.25) is 0 Å². The van der Waals surface area contributed by atoms with Crippen LogP contribution >= 0.6 is 0 Å². The first-order valence-corrected chi connectivity index (χ1v) is 3.39. The van der Waals surface area contributed by atoms with Crippen molar-refractivity contribution in [2.24, 2.45) is 5.73 Å². The summed E-state index contributed by atoms with van der Waals surface area (Å²) in [6, 6.07) is -0.414. The minimum Gasteiger partial charge on any atom is -0.394 e. The van der Waals surface area contributed by atoms with Gasteiger partial charge in [0.05, 0.1) is 30.2 Å². The summed E-state index contributed by atoms with van der Waals surface area (Å²) in [5.74, 6) is 0. The second kappa shape index (κ2) is 3.41. The van der Waals surface area contributed by atoms with Crippen molar-refractivity contribution >= 4 is 0 Å². The van der Waals surface area contributed by atoms with Crippen LogP contribution in [0.15, 0.2) is 12.4 Å². The lowest BCUT2D eigenvalue weighted by Crippen LogP contribution is -2.16. The molecule has 60 valence electrons. The number of aromatic nitrogens is 2. The van der Waals surface area contributed by atoms with Crippen molar-refractivity contribution in [3.05, 3.63) is 23.8 Å². The van der Waals surface area contributed by atoms with Gasteiger partial charge >= 0.3 is 0 Å². The van der Waals surface area contributed by atoms with E-state index in [-0.39, 0.29) is 6.61 Å². The van der Waals surface area contributed by atoms with E-state index in [2.05, 4.69) is 9.97 Å². The monoisotopic (exact) mass is 153 g/mol. The molecule has 0 unspecified atom stereocenters. The Morgan fingerprint density at radius 1 is 1.55 bits per heavy atom. The average Bonchev–Trinajstić information content (AvgIpc) is 2.05. The van der Waals surface area contributed by atoms with Crippen LogP contribution in [0.3, 0.4) is 0 Å². The molecule has 11 heavy (non-hydrogen) atoms. The lowest BCUT2D eigenvalue weighted by atomic mass is 10.2. The van der Waals surface area contributed by atoms with E-state index in [1.165, 1.54) is 0 Å². The van der Waals surface area contributed by atoms with Gasteiger partial charge in [-0.1, -0.05) is 0 Å².